The van der Waals surface area contributed by atoms with E-state index in [9.17, 15) is 5.11 Å². The largest absolute Gasteiger partial charge is 0.491 e. The lowest BCUT2D eigenvalue weighted by molar-refractivity contribution is 0.0557. The van der Waals surface area contributed by atoms with Crippen LogP contribution in [0.15, 0.2) is 49.6 Å². The molecule has 0 bridgehead atoms. The zero-order chi connectivity index (χ0) is 19.5. The highest BCUT2D eigenvalue weighted by Crippen LogP contribution is 2.22. The maximum absolute atomic E-state index is 10.4. The molecule has 1 aromatic rings. The monoisotopic (exact) mass is 372 g/mol. The minimum Gasteiger partial charge on any atom is -0.491 e. The zero-order valence-electron chi connectivity index (χ0n) is 16.9. The number of aliphatic hydroxyl groups is 1. The zero-order valence-corrected chi connectivity index (χ0v) is 16.9. The number of nitrogens with zero attached hydrogens (tertiary/aromatic N) is 2. The van der Waals surface area contributed by atoms with Crippen molar-refractivity contribution in [1.29, 1.82) is 0 Å². The molecule has 0 amide bonds. The first kappa shape index (κ1) is 21.7. The first-order chi connectivity index (χ1) is 13.1. The average molecular weight is 373 g/mol. The molecule has 27 heavy (non-hydrogen) atoms. The van der Waals surface area contributed by atoms with Crippen LogP contribution in [0.3, 0.4) is 0 Å². The number of benzene rings is 1. The highest BCUT2D eigenvalue weighted by molar-refractivity contribution is 5.33. The number of hydrogen-bond donors (Lipinski definition) is 1. The molecule has 0 saturated heterocycles. The molecule has 1 atom stereocenters. The van der Waals surface area contributed by atoms with Crippen LogP contribution in [0.2, 0.25) is 0 Å². The van der Waals surface area contributed by atoms with Crippen molar-refractivity contribution < 1.29 is 9.84 Å². The molecule has 0 spiro atoms. The van der Waals surface area contributed by atoms with Gasteiger partial charge >= 0.3 is 0 Å². The van der Waals surface area contributed by atoms with E-state index in [2.05, 4.69) is 36.1 Å². The highest BCUT2D eigenvalue weighted by atomic mass is 16.5. The van der Waals surface area contributed by atoms with Gasteiger partial charge in [0.1, 0.15) is 18.5 Å². The van der Waals surface area contributed by atoms with E-state index in [1.165, 1.54) is 32.1 Å². The van der Waals surface area contributed by atoms with Gasteiger partial charge in [0.2, 0.25) is 0 Å². The van der Waals surface area contributed by atoms with Crippen LogP contribution in [-0.4, -0.2) is 60.3 Å². The Morgan fingerprint density at radius 1 is 1.15 bits per heavy atom. The molecule has 150 valence electrons. The fraction of sp³-hybridized carbons (Fsp3) is 0.565. The summed E-state index contributed by atoms with van der Waals surface area (Å²) in [6, 6.07) is 8.66. The summed E-state index contributed by atoms with van der Waals surface area (Å²) in [4.78, 5) is 4.55. The van der Waals surface area contributed by atoms with E-state index in [0.717, 1.165) is 30.9 Å². The molecule has 0 unspecified atom stereocenters. The van der Waals surface area contributed by atoms with Gasteiger partial charge < -0.3 is 14.7 Å². The molecule has 1 saturated carbocycles. The molecule has 0 aliphatic heterocycles. The Morgan fingerprint density at radius 2 is 1.81 bits per heavy atom. The lowest BCUT2D eigenvalue weighted by atomic mass is 9.94. The quantitative estimate of drug-likeness (QED) is 0.565. The van der Waals surface area contributed by atoms with Crippen molar-refractivity contribution in [2.24, 2.45) is 0 Å². The Hall–Kier alpha value is -1.62. The van der Waals surface area contributed by atoms with Crippen LogP contribution in [0, 0.1) is 0 Å². The number of rotatable bonds is 12. The van der Waals surface area contributed by atoms with E-state index in [1.54, 1.807) is 0 Å². The van der Waals surface area contributed by atoms with Gasteiger partial charge in [-0.2, -0.15) is 0 Å². The first-order valence-electron chi connectivity index (χ1n) is 10.2. The smallest absolute Gasteiger partial charge is 0.123 e. The summed E-state index contributed by atoms with van der Waals surface area (Å²) >= 11 is 0. The minimum absolute atomic E-state index is 0.316. The van der Waals surface area contributed by atoms with E-state index in [-0.39, 0.29) is 0 Å². The minimum atomic E-state index is -0.484. The number of para-hydroxylation sites is 1. The van der Waals surface area contributed by atoms with Crippen molar-refractivity contribution in [3.63, 3.8) is 0 Å². The van der Waals surface area contributed by atoms with E-state index in [4.69, 9.17) is 4.74 Å². The maximum atomic E-state index is 10.4. The molecular weight excluding hydrogens is 336 g/mol. The molecule has 1 aromatic carbocycles. The van der Waals surface area contributed by atoms with Crippen molar-refractivity contribution >= 4 is 0 Å². The SMILES string of the molecule is C=CCN(CC=C)Cc1ccccc1OC[C@@H](O)CN(C)C1CCCCC1. The number of hydrogen-bond acceptors (Lipinski definition) is 4. The van der Waals surface area contributed by atoms with Crippen LogP contribution < -0.4 is 4.74 Å². The molecule has 1 aliphatic rings. The van der Waals surface area contributed by atoms with Crippen LogP contribution in [0.5, 0.6) is 5.75 Å². The summed E-state index contributed by atoms with van der Waals surface area (Å²) in [6.45, 7) is 11.0. The summed E-state index contributed by atoms with van der Waals surface area (Å²) in [6.07, 6.45) is 9.77. The highest BCUT2D eigenvalue weighted by Gasteiger charge is 2.20. The molecule has 2 rings (SSSR count). The normalized spacial score (nSPS) is 16.4. The summed E-state index contributed by atoms with van der Waals surface area (Å²) in [7, 11) is 2.12. The lowest BCUT2D eigenvalue weighted by Crippen LogP contribution is -2.40. The Labute approximate surface area is 165 Å². The van der Waals surface area contributed by atoms with Gasteiger partial charge in [0.15, 0.2) is 0 Å². The molecule has 0 heterocycles. The lowest BCUT2D eigenvalue weighted by Gasteiger charge is -2.32. The van der Waals surface area contributed by atoms with Crippen LogP contribution in [-0.2, 0) is 6.54 Å². The molecule has 1 N–H and O–H groups in total. The van der Waals surface area contributed by atoms with Crippen LogP contribution >= 0.6 is 0 Å². The van der Waals surface area contributed by atoms with E-state index in [0.29, 0.717) is 19.2 Å². The second-order valence-electron chi connectivity index (χ2n) is 7.58. The van der Waals surface area contributed by atoms with Crippen LogP contribution in [0.4, 0.5) is 0 Å². The third-order valence-corrected chi connectivity index (χ3v) is 5.27. The third-order valence-electron chi connectivity index (χ3n) is 5.27. The summed E-state index contributed by atoms with van der Waals surface area (Å²) in [5, 5.41) is 10.4. The van der Waals surface area contributed by atoms with Gasteiger partial charge in [-0.1, -0.05) is 49.6 Å². The Balaban J connectivity index is 1.87. The van der Waals surface area contributed by atoms with Crippen molar-refractivity contribution in [3.05, 3.63) is 55.1 Å². The van der Waals surface area contributed by atoms with E-state index >= 15 is 0 Å². The third kappa shape index (κ3) is 7.49. The summed E-state index contributed by atoms with van der Waals surface area (Å²) in [5.74, 6) is 0.843. The van der Waals surface area contributed by atoms with Crippen LogP contribution in [0.25, 0.3) is 0 Å². The first-order valence-corrected chi connectivity index (χ1v) is 10.2. The van der Waals surface area contributed by atoms with Gasteiger partial charge in [0, 0.05) is 37.8 Å². The topological polar surface area (TPSA) is 35.9 Å². The van der Waals surface area contributed by atoms with Crippen molar-refractivity contribution in [3.8, 4) is 5.75 Å². The average Bonchev–Trinajstić information content (AvgIpc) is 2.68. The van der Waals surface area contributed by atoms with Gasteiger partial charge in [-0.3, -0.25) is 4.90 Å². The van der Waals surface area contributed by atoms with Crippen molar-refractivity contribution in [2.75, 3.05) is 33.3 Å². The number of likely N-dealkylation sites (N-methyl/N-ethyl adjacent to an activating group) is 1. The number of aliphatic hydroxyl groups excluding tert-OH is 1. The van der Waals surface area contributed by atoms with Gasteiger partial charge in [-0.15, -0.1) is 13.2 Å². The second-order valence-corrected chi connectivity index (χ2v) is 7.58. The van der Waals surface area contributed by atoms with E-state index < -0.39 is 6.10 Å². The summed E-state index contributed by atoms with van der Waals surface area (Å²) in [5.41, 5.74) is 1.12. The standard InChI is InChI=1S/C23H36N2O2/c1-4-15-25(16-5-2)17-20-11-9-10-14-23(20)27-19-22(26)18-24(3)21-12-7-6-8-13-21/h4-5,9-11,14,21-22,26H,1-2,6-8,12-13,15-19H2,3H3/t22-/m0/s1. The Morgan fingerprint density at radius 3 is 2.48 bits per heavy atom. The summed E-state index contributed by atoms with van der Waals surface area (Å²) < 4.78 is 5.99. The number of ether oxygens (including phenoxy) is 1. The molecule has 4 nitrogen and oxygen atoms in total. The van der Waals surface area contributed by atoms with Gasteiger partial charge in [-0.05, 0) is 26.0 Å². The molecular formula is C23H36N2O2. The van der Waals surface area contributed by atoms with Crippen molar-refractivity contribution in [2.45, 2.75) is 50.8 Å². The maximum Gasteiger partial charge on any atom is 0.123 e. The van der Waals surface area contributed by atoms with E-state index in [1.807, 2.05) is 30.4 Å². The molecule has 1 aliphatic carbocycles. The Kier molecular flexibility index (Phi) is 9.60. The molecule has 1 fully saturated rings. The fourth-order valence-electron chi connectivity index (χ4n) is 3.83. The molecule has 0 radical (unpaired) electrons. The van der Waals surface area contributed by atoms with Gasteiger partial charge in [0.25, 0.3) is 0 Å². The molecule has 0 aromatic heterocycles. The predicted octanol–water partition coefficient (Wildman–Crippen LogP) is 3.86. The predicted molar refractivity (Wildman–Crippen MR) is 113 cm³/mol. The van der Waals surface area contributed by atoms with Gasteiger partial charge in [0.05, 0.1) is 0 Å². The van der Waals surface area contributed by atoms with Crippen molar-refractivity contribution in [1.82, 2.24) is 9.80 Å². The second kappa shape index (κ2) is 12.0. The van der Waals surface area contributed by atoms with Gasteiger partial charge in [-0.25, -0.2) is 0 Å². The molecule has 4 heteroatoms. The van der Waals surface area contributed by atoms with Crippen LogP contribution in [0.1, 0.15) is 37.7 Å². The fourth-order valence-corrected chi connectivity index (χ4v) is 3.83. The Bertz CT molecular complexity index is 559.